The van der Waals surface area contributed by atoms with Gasteiger partial charge >= 0.3 is 11.7 Å². The van der Waals surface area contributed by atoms with Crippen molar-refractivity contribution in [2.24, 2.45) is 0 Å². The van der Waals surface area contributed by atoms with Crippen molar-refractivity contribution in [1.29, 1.82) is 0 Å². The maximum Gasteiger partial charge on any atom is 0.409 e. The normalized spacial score (nSPS) is 13.9. The van der Waals surface area contributed by atoms with Crippen molar-refractivity contribution in [3.8, 4) is 0 Å². The predicted octanol–water partition coefficient (Wildman–Crippen LogP) is -0.241. The predicted molar refractivity (Wildman–Crippen MR) is 42.7 cm³/mol. The lowest BCUT2D eigenvalue weighted by atomic mass is 10.2. The molecule has 2 heterocycles. The highest BCUT2D eigenvalue weighted by molar-refractivity contribution is 5.98. The minimum absolute atomic E-state index is 0.0611. The summed E-state index contributed by atoms with van der Waals surface area (Å²) in [5.74, 6) is 0.514. The number of anilines is 2. The summed E-state index contributed by atoms with van der Waals surface area (Å²) < 4.78 is 0. The molecule has 4 heteroatoms. The van der Waals surface area contributed by atoms with Crippen LogP contribution in [-0.2, 0) is 4.79 Å². The first kappa shape index (κ1) is 6.92. The average Bonchev–Trinajstić information content (AvgIpc) is 2.04. The van der Waals surface area contributed by atoms with E-state index in [9.17, 15) is 4.79 Å². The van der Waals surface area contributed by atoms with E-state index in [0.717, 1.165) is 11.3 Å². The Labute approximate surface area is 70.0 Å². The zero-order valence-corrected chi connectivity index (χ0v) is 6.64. The van der Waals surface area contributed by atoms with Gasteiger partial charge in [-0.1, -0.05) is 0 Å². The standard InChI is InChI=1S/C8H7N3O/c1-5-2-3-9-8-7(5)10-4-6(12)11-8/h2,10H,4H2,1H3/p+1. The van der Waals surface area contributed by atoms with Crippen molar-refractivity contribution in [2.45, 2.75) is 6.92 Å². The maximum absolute atomic E-state index is 10.9. The molecule has 0 unspecified atom stereocenters. The molecule has 1 amide bonds. The molecular formula is C8H8N3O+. The smallest absolute Gasteiger partial charge is 0.366 e. The molecule has 0 atom stereocenters. The molecule has 2 rings (SSSR count). The van der Waals surface area contributed by atoms with Crippen LogP contribution in [0, 0.1) is 13.1 Å². The van der Waals surface area contributed by atoms with Gasteiger partial charge < -0.3 is 5.32 Å². The fourth-order valence-corrected chi connectivity index (χ4v) is 1.17. The van der Waals surface area contributed by atoms with E-state index in [1.165, 1.54) is 0 Å². The van der Waals surface area contributed by atoms with E-state index in [1.807, 2.05) is 6.92 Å². The van der Waals surface area contributed by atoms with Crippen molar-refractivity contribution in [3.63, 3.8) is 0 Å². The Morgan fingerprint density at radius 3 is 3.33 bits per heavy atom. The molecule has 4 nitrogen and oxygen atoms in total. The summed E-state index contributed by atoms with van der Waals surface area (Å²) in [7, 11) is 0. The largest absolute Gasteiger partial charge is 0.409 e. The first-order valence-corrected chi connectivity index (χ1v) is 3.69. The van der Waals surface area contributed by atoms with Crippen molar-refractivity contribution >= 4 is 17.4 Å². The van der Waals surface area contributed by atoms with E-state index >= 15 is 0 Å². The van der Waals surface area contributed by atoms with Crippen molar-refractivity contribution in [3.05, 3.63) is 17.8 Å². The van der Waals surface area contributed by atoms with Crippen molar-refractivity contribution in [1.82, 2.24) is 0 Å². The monoisotopic (exact) mass is 162 g/mol. The van der Waals surface area contributed by atoms with E-state index in [2.05, 4.69) is 21.8 Å². The molecular weight excluding hydrogens is 154 g/mol. The number of rotatable bonds is 0. The lowest BCUT2D eigenvalue weighted by molar-refractivity contribution is -0.275. The fraction of sp³-hybridized carbons (Fsp3) is 0.250. The number of carbonyl (C=O) groups excluding carboxylic acids is 1. The van der Waals surface area contributed by atoms with E-state index in [4.69, 9.17) is 0 Å². The molecule has 0 bridgehead atoms. The Morgan fingerprint density at radius 2 is 2.50 bits per heavy atom. The summed E-state index contributed by atoms with van der Waals surface area (Å²) in [6.07, 6.45) is 2.70. The van der Waals surface area contributed by atoms with Crippen LogP contribution in [0.25, 0.3) is 0 Å². The van der Waals surface area contributed by atoms with Crippen LogP contribution in [0.15, 0.2) is 6.07 Å². The number of hydrogen-bond acceptors (Lipinski definition) is 2. The van der Waals surface area contributed by atoms with Crippen LogP contribution >= 0.6 is 0 Å². The van der Waals surface area contributed by atoms with Gasteiger partial charge in [0.2, 0.25) is 0 Å². The summed E-state index contributed by atoms with van der Waals surface area (Å²) in [5, 5.41) is 5.64. The highest BCUT2D eigenvalue weighted by Crippen LogP contribution is 2.21. The van der Waals surface area contributed by atoms with Crippen LogP contribution in [0.4, 0.5) is 11.5 Å². The second kappa shape index (κ2) is 2.38. The minimum Gasteiger partial charge on any atom is -0.366 e. The Morgan fingerprint density at radius 1 is 1.67 bits per heavy atom. The van der Waals surface area contributed by atoms with Gasteiger partial charge in [-0.25, -0.2) is 4.79 Å². The molecule has 2 N–H and O–H groups in total. The molecule has 12 heavy (non-hydrogen) atoms. The van der Waals surface area contributed by atoms with Crippen LogP contribution in [0.3, 0.4) is 0 Å². The first-order chi connectivity index (χ1) is 5.77. The highest BCUT2D eigenvalue weighted by Gasteiger charge is 2.24. The van der Waals surface area contributed by atoms with Gasteiger partial charge in [0.15, 0.2) is 6.20 Å². The number of aromatic nitrogens is 1. The van der Waals surface area contributed by atoms with Gasteiger partial charge in [-0.15, -0.1) is 0 Å². The molecule has 0 saturated heterocycles. The third-order valence-corrected chi connectivity index (χ3v) is 1.77. The van der Waals surface area contributed by atoms with Gasteiger partial charge in [0, 0.05) is 6.07 Å². The topological polar surface area (TPSA) is 55.2 Å². The van der Waals surface area contributed by atoms with Gasteiger partial charge in [0.05, 0.1) is 0 Å². The molecule has 0 saturated carbocycles. The van der Waals surface area contributed by atoms with Gasteiger partial charge in [-0.3, -0.25) is 0 Å². The molecule has 1 aliphatic rings. The number of amides is 1. The molecule has 1 aliphatic heterocycles. The summed E-state index contributed by atoms with van der Waals surface area (Å²) >= 11 is 0. The zero-order valence-electron chi connectivity index (χ0n) is 6.64. The van der Waals surface area contributed by atoms with E-state index in [-0.39, 0.29) is 5.91 Å². The third-order valence-electron chi connectivity index (χ3n) is 1.77. The van der Waals surface area contributed by atoms with Crippen molar-refractivity contribution < 1.29 is 9.78 Å². The molecule has 1 aromatic heterocycles. The molecule has 1 aromatic rings. The number of fused-ring (bicyclic) bond motifs is 1. The number of hydrogen-bond donors (Lipinski definition) is 2. The highest BCUT2D eigenvalue weighted by atomic mass is 16.2. The number of aryl methyl sites for hydroxylation is 1. The first-order valence-electron chi connectivity index (χ1n) is 3.69. The molecule has 0 aromatic carbocycles. The lowest BCUT2D eigenvalue weighted by Crippen LogP contribution is -2.30. The number of nitrogens with one attached hydrogen (secondary N) is 2. The zero-order chi connectivity index (χ0) is 8.55. The van der Waals surface area contributed by atoms with Crippen LogP contribution < -0.4 is 15.6 Å². The van der Waals surface area contributed by atoms with Crippen molar-refractivity contribution in [2.75, 3.05) is 17.2 Å². The van der Waals surface area contributed by atoms with E-state index in [1.54, 1.807) is 6.07 Å². The molecule has 0 spiro atoms. The minimum atomic E-state index is -0.0611. The Hall–Kier alpha value is -1.76. The molecule has 0 fully saturated rings. The number of carbonyl (C=O) groups is 1. The number of nitrogens with zero attached hydrogens (tertiary/aromatic N) is 1. The summed E-state index contributed by atoms with van der Waals surface area (Å²) in [5.41, 5.74) is 1.94. The SMILES string of the molecule is Cc1cc#[n+]c2c1NCC(=O)N2. The van der Waals surface area contributed by atoms with Gasteiger partial charge in [-0.2, -0.15) is 10.3 Å². The van der Waals surface area contributed by atoms with Crippen LogP contribution in [0.1, 0.15) is 5.56 Å². The van der Waals surface area contributed by atoms with Gasteiger partial charge in [0.25, 0.3) is 0 Å². The van der Waals surface area contributed by atoms with Crippen LogP contribution in [0.2, 0.25) is 0 Å². The lowest BCUT2D eigenvalue weighted by Gasteiger charge is -2.09. The Balaban J connectivity index is 2.48. The van der Waals surface area contributed by atoms with Gasteiger partial charge in [-0.05, 0) is 12.5 Å². The quantitative estimate of drug-likeness (QED) is 0.553. The summed E-state index contributed by atoms with van der Waals surface area (Å²) in [4.78, 5) is 14.8. The molecule has 60 valence electrons. The summed E-state index contributed by atoms with van der Waals surface area (Å²) in [6.45, 7) is 2.26. The molecule has 0 radical (unpaired) electrons. The average molecular weight is 162 g/mol. The van der Waals surface area contributed by atoms with E-state index < -0.39 is 0 Å². The Bertz CT molecular complexity index is 335. The molecule has 0 aliphatic carbocycles. The second-order valence-corrected chi connectivity index (χ2v) is 2.69. The van der Waals surface area contributed by atoms with Crippen LogP contribution in [0.5, 0.6) is 0 Å². The summed E-state index contributed by atoms with van der Waals surface area (Å²) in [6, 6.07) is 1.78. The maximum atomic E-state index is 10.9. The van der Waals surface area contributed by atoms with E-state index in [0.29, 0.717) is 12.4 Å². The third kappa shape index (κ3) is 0.957. The fourth-order valence-electron chi connectivity index (χ4n) is 1.17. The van der Waals surface area contributed by atoms with Crippen LogP contribution in [-0.4, -0.2) is 12.5 Å². The van der Waals surface area contributed by atoms with Gasteiger partial charge in [0.1, 0.15) is 12.2 Å². The Kier molecular flexibility index (Phi) is 1.37. The second-order valence-electron chi connectivity index (χ2n) is 2.69.